The van der Waals surface area contributed by atoms with Crippen LogP contribution >= 0.6 is 0 Å². The summed E-state index contributed by atoms with van der Waals surface area (Å²) in [4.78, 5) is 4.92. The number of hydrogen-bond acceptors (Lipinski definition) is 1. The van der Waals surface area contributed by atoms with Crippen LogP contribution in [0.4, 0.5) is 0 Å². The van der Waals surface area contributed by atoms with Crippen molar-refractivity contribution < 1.29 is 0 Å². The molecule has 1 aliphatic heterocycles. The van der Waals surface area contributed by atoms with Crippen molar-refractivity contribution >= 4 is 13.8 Å². The summed E-state index contributed by atoms with van der Waals surface area (Å²) >= 11 is 0. The summed E-state index contributed by atoms with van der Waals surface area (Å²) in [7, 11) is -1.22. The quantitative estimate of drug-likeness (QED) is 0.491. The molecule has 0 aromatic heterocycles. The molecular weight excluding hydrogens is 222 g/mol. The van der Waals surface area contributed by atoms with E-state index in [2.05, 4.69) is 33.1 Å². The second-order valence-corrected chi connectivity index (χ2v) is 11.8. The number of hydrogen-bond donors (Lipinski definition) is 0. The van der Waals surface area contributed by atoms with E-state index in [1.54, 1.807) is 0 Å². The third-order valence-electron chi connectivity index (χ3n) is 3.60. The van der Waals surface area contributed by atoms with Gasteiger partial charge in [-0.1, -0.05) is 51.1 Å². The average molecular weight is 251 g/mol. The van der Waals surface area contributed by atoms with Crippen molar-refractivity contribution in [2.75, 3.05) is 6.54 Å². The van der Waals surface area contributed by atoms with Gasteiger partial charge in [-0.15, -0.1) is 0 Å². The molecule has 0 aromatic rings. The van der Waals surface area contributed by atoms with Crippen LogP contribution in [0, 0.1) is 0 Å². The molecule has 0 spiro atoms. The molecule has 0 saturated heterocycles. The molecule has 0 radical (unpaired) electrons. The Morgan fingerprint density at radius 2 is 1.71 bits per heavy atom. The first-order valence-electron chi connectivity index (χ1n) is 7.11. The second-order valence-electron chi connectivity index (χ2n) is 6.54. The van der Waals surface area contributed by atoms with Crippen LogP contribution in [0.25, 0.3) is 0 Å². The molecule has 17 heavy (non-hydrogen) atoms. The molecule has 2 heteroatoms. The van der Waals surface area contributed by atoms with Gasteiger partial charge in [0.25, 0.3) is 0 Å². The van der Waals surface area contributed by atoms with E-state index in [1.165, 1.54) is 49.8 Å². The minimum atomic E-state index is -1.22. The van der Waals surface area contributed by atoms with Crippen LogP contribution in [0.1, 0.15) is 45.4 Å². The lowest BCUT2D eigenvalue weighted by Gasteiger charge is -2.31. The van der Waals surface area contributed by atoms with Crippen LogP contribution in [0.2, 0.25) is 25.2 Å². The zero-order valence-electron chi connectivity index (χ0n) is 12.2. The number of allylic oxidation sites excluding steroid dienone is 1. The normalized spacial score (nSPS) is 20.8. The smallest absolute Gasteiger partial charge is 0.0584 e. The standard InChI is InChI=1S/C15H29NSi/c1-13(2)15(17(3,4)5)14-11-9-7-6-8-10-12-16-14/h15H,1,6-12H2,2-5H3. The van der Waals surface area contributed by atoms with Crippen molar-refractivity contribution in [2.24, 2.45) is 4.99 Å². The van der Waals surface area contributed by atoms with E-state index in [-0.39, 0.29) is 0 Å². The van der Waals surface area contributed by atoms with E-state index < -0.39 is 8.07 Å². The van der Waals surface area contributed by atoms with Gasteiger partial charge < -0.3 is 0 Å². The lowest BCUT2D eigenvalue weighted by atomic mass is 10.0. The van der Waals surface area contributed by atoms with Crippen LogP contribution in [-0.2, 0) is 0 Å². The minimum Gasteiger partial charge on any atom is -0.294 e. The molecule has 1 rings (SSSR count). The highest BCUT2D eigenvalue weighted by Gasteiger charge is 2.31. The molecule has 1 aliphatic rings. The third-order valence-corrected chi connectivity index (χ3v) is 6.16. The molecule has 0 saturated carbocycles. The molecule has 0 aliphatic carbocycles. The molecule has 1 atom stereocenters. The molecule has 0 fully saturated rings. The van der Waals surface area contributed by atoms with Crippen molar-refractivity contribution in [3.05, 3.63) is 12.2 Å². The first-order valence-corrected chi connectivity index (χ1v) is 10.7. The van der Waals surface area contributed by atoms with E-state index >= 15 is 0 Å². The second kappa shape index (κ2) is 6.53. The van der Waals surface area contributed by atoms with Gasteiger partial charge in [0.2, 0.25) is 0 Å². The lowest BCUT2D eigenvalue weighted by Crippen LogP contribution is -2.34. The van der Waals surface area contributed by atoms with Crippen molar-refractivity contribution in [3.8, 4) is 0 Å². The Bertz CT molecular complexity index is 286. The SMILES string of the molecule is C=C(C)C(C1=NCCCCCCC1)[Si](C)(C)C. The van der Waals surface area contributed by atoms with Gasteiger partial charge in [-0.05, 0) is 26.2 Å². The highest BCUT2D eigenvalue weighted by atomic mass is 28.3. The van der Waals surface area contributed by atoms with Crippen LogP contribution in [0.3, 0.4) is 0 Å². The summed E-state index contributed by atoms with van der Waals surface area (Å²) < 4.78 is 0. The summed E-state index contributed by atoms with van der Waals surface area (Å²) in [5.74, 6) is 0. The highest BCUT2D eigenvalue weighted by molar-refractivity contribution is 6.81. The number of rotatable bonds is 3. The van der Waals surface area contributed by atoms with Gasteiger partial charge in [0, 0.05) is 17.8 Å². The van der Waals surface area contributed by atoms with Gasteiger partial charge in [0.05, 0.1) is 8.07 Å². The van der Waals surface area contributed by atoms with Crippen molar-refractivity contribution in [1.82, 2.24) is 0 Å². The Balaban J connectivity index is 2.86. The van der Waals surface area contributed by atoms with Crippen molar-refractivity contribution in [2.45, 2.75) is 70.6 Å². The monoisotopic (exact) mass is 251 g/mol. The fourth-order valence-corrected chi connectivity index (χ4v) is 5.72. The molecule has 1 unspecified atom stereocenters. The zero-order chi connectivity index (χ0) is 12.9. The van der Waals surface area contributed by atoms with E-state index in [4.69, 9.17) is 4.99 Å². The molecule has 0 amide bonds. The third kappa shape index (κ3) is 4.78. The summed E-state index contributed by atoms with van der Waals surface area (Å²) in [6.45, 7) is 14.8. The topological polar surface area (TPSA) is 12.4 Å². The van der Waals surface area contributed by atoms with E-state index in [0.717, 1.165) is 6.54 Å². The molecule has 0 N–H and O–H groups in total. The van der Waals surface area contributed by atoms with Crippen LogP contribution in [0.5, 0.6) is 0 Å². The van der Waals surface area contributed by atoms with Crippen LogP contribution in [0.15, 0.2) is 17.1 Å². The molecule has 1 heterocycles. The molecule has 98 valence electrons. The Morgan fingerprint density at radius 1 is 1.12 bits per heavy atom. The van der Waals surface area contributed by atoms with Gasteiger partial charge in [-0.25, -0.2) is 0 Å². The zero-order valence-corrected chi connectivity index (χ0v) is 13.2. The van der Waals surface area contributed by atoms with E-state index in [0.29, 0.717) is 5.54 Å². The Hall–Kier alpha value is -0.373. The summed E-state index contributed by atoms with van der Waals surface area (Å²) in [5, 5.41) is 0. The van der Waals surface area contributed by atoms with Gasteiger partial charge in [-0.2, -0.15) is 0 Å². The van der Waals surface area contributed by atoms with E-state index in [9.17, 15) is 0 Å². The van der Waals surface area contributed by atoms with Gasteiger partial charge in [0.15, 0.2) is 0 Å². The Labute approximate surface area is 108 Å². The fourth-order valence-electron chi connectivity index (χ4n) is 3.01. The molecule has 1 nitrogen and oxygen atoms in total. The summed E-state index contributed by atoms with van der Waals surface area (Å²) in [6.07, 6.45) is 7.95. The van der Waals surface area contributed by atoms with Crippen LogP contribution in [-0.4, -0.2) is 20.3 Å². The summed E-state index contributed by atoms with van der Waals surface area (Å²) in [5.41, 5.74) is 3.40. The maximum atomic E-state index is 4.92. The van der Waals surface area contributed by atoms with Crippen LogP contribution < -0.4 is 0 Å². The highest BCUT2D eigenvalue weighted by Crippen LogP contribution is 2.32. The van der Waals surface area contributed by atoms with Crippen molar-refractivity contribution in [1.29, 1.82) is 0 Å². The first-order chi connectivity index (χ1) is 7.93. The molecule has 0 bridgehead atoms. The predicted molar refractivity (Wildman–Crippen MR) is 81.9 cm³/mol. The Morgan fingerprint density at radius 3 is 2.29 bits per heavy atom. The maximum Gasteiger partial charge on any atom is 0.0584 e. The fraction of sp³-hybridized carbons (Fsp3) is 0.800. The number of nitrogens with zero attached hydrogens (tertiary/aromatic N) is 1. The van der Waals surface area contributed by atoms with Crippen molar-refractivity contribution in [3.63, 3.8) is 0 Å². The van der Waals surface area contributed by atoms with Gasteiger partial charge >= 0.3 is 0 Å². The van der Waals surface area contributed by atoms with Gasteiger partial charge in [-0.3, -0.25) is 4.99 Å². The largest absolute Gasteiger partial charge is 0.294 e. The Kier molecular flexibility index (Phi) is 5.64. The lowest BCUT2D eigenvalue weighted by molar-refractivity contribution is 0.639. The van der Waals surface area contributed by atoms with Gasteiger partial charge in [0.1, 0.15) is 0 Å². The van der Waals surface area contributed by atoms with E-state index in [1.807, 2.05) is 0 Å². The first kappa shape index (κ1) is 14.7. The average Bonchev–Trinajstić information content (AvgIpc) is 2.29. The maximum absolute atomic E-state index is 4.92. The molecule has 0 aromatic carbocycles. The number of aliphatic imine (C=N–C) groups is 1. The molecular formula is C15H29NSi. The minimum absolute atomic E-state index is 0.598. The predicted octanol–water partition coefficient (Wildman–Crippen LogP) is 5.07. The summed E-state index contributed by atoms with van der Waals surface area (Å²) in [6, 6.07) is 0.